The molecule has 2 amide bonds. The number of halogens is 1. The lowest BCUT2D eigenvalue weighted by molar-refractivity contribution is -0.135. The predicted octanol–water partition coefficient (Wildman–Crippen LogP) is 3.99. The fourth-order valence-corrected chi connectivity index (χ4v) is 4.49. The van der Waals surface area contributed by atoms with E-state index in [1.807, 2.05) is 12.1 Å². The summed E-state index contributed by atoms with van der Waals surface area (Å²) in [7, 11) is 3.11. The molecule has 1 aromatic heterocycles. The van der Waals surface area contributed by atoms with E-state index < -0.39 is 5.92 Å². The number of carbonyl (C=O) groups excluding carboxylic acids is 2. The van der Waals surface area contributed by atoms with Crippen LogP contribution < -0.4 is 14.4 Å². The summed E-state index contributed by atoms with van der Waals surface area (Å²) in [5.74, 6) is 0.545. The van der Waals surface area contributed by atoms with Gasteiger partial charge in [0.15, 0.2) is 0 Å². The van der Waals surface area contributed by atoms with E-state index in [2.05, 4.69) is 6.58 Å². The third-order valence-corrected chi connectivity index (χ3v) is 6.00. The zero-order valence-corrected chi connectivity index (χ0v) is 18.0. The molecule has 2 heterocycles. The average Bonchev–Trinajstić information content (AvgIpc) is 3.31. The van der Waals surface area contributed by atoms with E-state index in [4.69, 9.17) is 21.1 Å². The Morgan fingerprint density at radius 1 is 1.34 bits per heavy atom. The van der Waals surface area contributed by atoms with E-state index >= 15 is 0 Å². The molecule has 3 rings (SSSR count). The molecule has 0 unspecified atom stereocenters. The number of rotatable bonds is 8. The molecule has 0 N–H and O–H groups in total. The Bertz CT molecular complexity index is 914. The maximum atomic E-state index is 13.2. The van der Waals surface area contributed by atoms with Crippen molar-refractivity contribution in [2.75, 3.05) is 32.2 Å². The molecule has 1 aliphatic rings. The van der Waals surface area contributed by atoms with Crippen LogP contribution in [0, 0.1) is 5.92 Å². The maximum Gasteiger partial charge on any atom is 0.228 e. The van der Waals surface area contributed by atoms with Gasteiger partial charge in [-0.15, -0.1) is 17.9 Å². The van der Waals surface area contributed by atoms with E-state index in [0.29, 0.717) is 41.2 Å². The van der Waals surface area contributed by atoms with Crippen molar-refractivity contribution < 1.29 is 19.1 Å². The maximum absolute atomic E-state index is 13.2. The van der Waals surface area contributed by atoms with Crippen LogP contribution in [0.25, 0.3) is 0 Å². The molecule has 0 saturated carbocycles. The number of hydrogen-bond donors (Lipinski definition) is 0. The minimum Gasteiger partial charge on any atom is -0.497 e. The molecule has 2 aromatic rings. The van der Waals surface area contributed by atoms with Gasteiger partial charge >= 0.3 is 0 Å². The Morgan fingerprint density at radius 2 is 2.14 bits per heavy atom. The second-order valence-electron chi connectivity index (χ2n) is 6.66. The molecular formula is C21H23ClN2O4S. The quantitative estimate of drug-likeness (QED) is 0.589. The molecular weight excluding hydrogens is 412 g/mol. The summed E-state index contributed by atoms with van der Waals surface area (Å²) in [6.45, 7) is 4.89. The van der Waals surface area contributed by atoms with Crippen molar-refractivity contribution in [1.82, 2.24) is 4.90 Å². The topological polar surface area (TPSA) is 59.1 Å². The van der Waals surface area contributed by atoms with Gasteiger partial charge in [-0.05, 0) is 24.3 Å². The molecule has 8 heteroatoms. The van der Waals surface area contributed by atoms with E-state index in [0.717, 1.165) is 4.88 Å². The van der Waals surface area contributed by atoms with Gasteiger partial charge in [-0.1, -0.05) is 17.7 Å². The highest BCUT2D eigenvalue weighted by atomic mass is 35.5. The van der Waals surface area contributed by atoms with Crippen LogP contribution in [0.5, 0.6) is 11.5 Å². The van der Waals surface area contributed by atoms with Crippen LogP contribution in [-0.2, 0) is 16.1 Å². The number of amides is 2. The summed E-state index contributed by atoms with van der Waals surface area (Å²) in [5, 5.41) is 0. The van der Waals surface area contributed by atoms with Crippen LogP contribution in [0.1, 0.15) is 11.3 Å². The fourth-order valence-electron chi connectivity index (χ4n) is 3.38. The molecule has 0 spiro atoms. The summed E-state index contributed by atoms with van der Waals surface area (Å²) in [6.07, 6.45) is 1.84. The van der Waals surface area contributed by atoms with Crippen molar-refractivity contribution in [2.24, 2.45) is 5.92 Å². The molecule has 154 valence electrons. The second-order valence-corrected chi connectivity index (χ2v) is 8.46. The molecule has 6 nitrogen and oxygen atoms in total. The first kappa shape index (κ1) is 21.2. The van der Waals surface area contributed by atoms with Crippen LogP contribution in [0.4, 0.5) is 5.69 Å². The zero-order chi connectivity index (χ0) is 21.0. The second kappa shape index (κ2) is 9.33. The number of nitrogens with zero attached hydrogens (tertiary/aromatic N) is 2. The molecule has 29 heavy (non-hydrogen) atoms. The van der Waals surface area contributed by atoms with Crippen molar-refractivity contribution in [3.05, 3.63) is 52.2 Å². The van der Waals surface area contributed by atoms with Gasteiger partial charge in [0.1, 0.15) is 11.5 Å². The first-order valence-electron chi connectivity index (χ1n) is 9.13. The summed E-state index contributed by atoms with van der Waals surface area (Å²) < 4.78 is 11.4. The van der Waals surface area contributed by atoms with Gasteiger partial charge in [-0.3, -0.25) is 9.59 Å². The van der Waals surface area contributed by atoms with Crippen molar-refractivity contribution in [3.8, 4) is 11.5 Å². The number of carbonyl (C=O) groups is 2. The third kappa shape index (κ3) is 4.74. The van der Waals surface area contributed by atoms with Gasteiger partial charge in [-0.2, -0.15) is 0 Å². The molecule has 1 saturated heterocycles. The molecule has 1 aliphatic heterocycles. The van der Waals surface area contributed by atoms with Crippen molar-refractivity contribution >= 4 is 40.4 Å². The molecule has 1 atom stereocenters. The van der Waals surface area contributed by atoms with Gasteiger partial charge in [-0.25, -0.2) is 0 Å². The normalized spacial score (nSPS) is 16.0. The Hall–Kier alpha value is -2.51. The van der Waals surface area contributed by atoms with Crippen molar-refractivity contribution in [1.29, 1.82) is 0 Å². The van der Waals surface area contributed by atoms with E-state index in [1.54, 1.807) is 48.3 Å². The zero-order valence-electron chi connectivity index (χ0n) is 16.4. The predicted molar refractivity (Wildman–Crippen MR) is 115 cm³/mol. The molecule has 0 aliphatic carbocycles. The highest BCUT2D eigenvalue weighted by Crippen LogP contribution is 2.36. The van der Waals surface area contributed by atoms with E-state index in [1.165, 1.54) is 11.3 Å². The highest BCUT2D eigenvalue weighted by Gasteiger charge is 2.38. The standard InChI is InChI=1S/C21H23ClN2O4S/c1-4-9-23(13-16-6-8-19(22)29-16)21(26)14-10-20(25)24(12-14)17-11-15(27-2)5-7-18(17)28-3/h4-8,11,14H,1,9-10,12-13H2,2-3H3/t14-/m1/s1. The Morgan fingerprint density at radius 3 is 2.76 bits per heavy atom. The Balaban J connectivity index is 1.79. The van der Waals surface area contributed by atoms with Crippen LogP contribution in [0.15, 0.2) is 43.0 Å². The average molecular weight is 435 g/mol. The monoisotopic (exact) mass is 434 g/mol. The van der Waals surface area contributed by atoms with Crippen LogP contribution in [-0.4, -0.2) is 44.0 Å². The molecule has 0 bridgehead atoms. The molecule has 1 fully saturated rings. The molecule has 1 aromatic carbocycles. The Kier molecular flexibility index (Phi) is 6.82. The lowest BCUT2D eigenvalue weighted by Crippen LogP contribution is -2.37. The summed E-state index contributed by atoms with van der Waals surface area (Å²) >= 11 is 7.45. The number of anilines is 1. The minimum atomic E-state index is -0.436. The summed E-state index contributed by atoms with van der Waals surface area (Å²) in [5.41, 5.74) is 0.604. The van der Waals surface area contributed by atoms with Gasteiger partial charge in [0.05, 0.1) is 36.7 Å². The highest BCUT2D eigenvalue weighted by molar-refractivity contribution is 7.16. The number of ether oxygens (including phenoxy) is 2. The number of hydrogen-bond acceptors (Lipinski definition) is 5. The number of methoxy groups -OCH3 is 2. The van der Waals surface area contributed by atoms with Gasteiger partial charge in [0, 0.05) is 30.5 Å². The number of benzene rings is 1. The summed E-state index contributed by atoms with van der Waals surface area (Å²) in [6, 6.07) is 8.99. The largest absolute Gasteiger partial charge is 0.497 e. The number of thiophene rings is 1. The van der Waals surface area contributed by atoms with Gasteiger partial charge in [0.2, 0.25) is 11.8 Å². The van der Waals surface area contributed by atoms with Gasteiger partial charge < -0.3 is 19.3 Å². The fraction of sp³-hybridized carbons (Fsp3) is 0.333. The van der Waals surface area contributed by atoms with E-state index in [-0.39, 0.29) is 18.2 Å². The first-order valence-corrected chi connectivity index (χ1v) is 10.3. The smallest absolute Gasteiger partial charge is 0.228 e. The van der Waals surface area contributed by atoms with Crippen LogP contribution in [0.3, 0.4) is 0 Å². The lowest BCUT2D eigenvalue weighted by atomic mass is 10.1. The molecule has 0 radical (unpaired) electrons. The summed E-state index contributed by atoms with van der Waals surface area (Å²) in [4.78, 5) is 30.2. The Labute approximate surface area is 179 Å². The minimum absolute atomic E-state index is 0.0767. The van der Waals surface area contributed by atoms with Crippen molar-refractivity contribution in [3.63, 3.8) is 0 Å². The first-order chi connectivity index (χ1) is 14.0. The van der Waals surface area contributed by atoms with Crippen molar-refractivity contribution in [2.45, 2.75) is 13.0 Å². The van der Waals surface area contributed by atoms with E-state index in [9.17, 15) is 9.59 Å². The lowest BCUT2D eigenvalue weighted by Gasteiger charge is -2.24. The van der Waals surface area contributed by atoms with Crippen LogP contribution >= 0.6 is 22.9 Å². The SMILES string of the molecule is C=CCN(Cc1ccc(Cl)s1)C(=O)[C@@H]1CC(=O)N(c2cc(OC)ccc2OC)C1. The third-order valence-electron chi connectivity index (χ3n) is 4.79. The van der Waals surface area contributed by atoms with Crippen LogP contribution in [0.2, 0.25) is 4.34 Å². The van der Waals surface area contributed by atoms with Gasteiger partial charge in [0.25, 0.3) is 0 Å².